The second-order valence-corrected chi connectivity index (χ2v) is 9.28. The Balaban J connectivity index is 0.000000370. The highest BCUT2D eigenvalue weighted by Gasteiger charge is 2.38. The Morgan fingerprint density at radius 2 is 1.90 bits per heavy atom. The number of carboxylic acids is 1. The van der Waals surface area contributed by atoms with Crippen molar-refractivity contribution in [3.8, 4) is 0 Å². The Morgan fingerprint density at radius 3 is 2.45 bits per heavy atom. The predicted octanol–water partition coefficient (Wildman–Crippen LogP) is 2.10. The van der Waals surface area contributed by atoms with Gasteiger partial charge in [-0.2, -0.15) is 22.6 Å². The summed E-state index contributed by atoms with van der Waals surface area (Å²) in [5, 5.41) is 11.6. The number of sulfonamides is 1. The molecule has 0 radical (unpaired) electrons. The van der Waals surface area contributed by atoms with Gasteiger partial charge in [-0.05, 0) is 38.4 Å². The Bertz CT molecular complexity index is 776. The summed E-state index contributed by atoms with van der Waals surface area (Å²) in [6, 6.07) is 2.07. The highest BCUT2D eigenvalue weighted by atomic mass is 32.2. The average molecular weight is 440 g/mol. The summed E-state index contributed by atoms with van der Waals surface area (Å²) in [4.78, 5) is 11.3. The zero-order chi connectivity index (χ0) is 21.7. The molecule has 12 heteroatoms. The minimum Gasteiger partial charge on any atom is -0.475 e. The van der Waals surface area contributed by atoms with E-state index in [0.717, 1.165) is 25.3 Å². The number of halogens is 3. The Hall–Kier alpha value is -1.66. The fourth-order valence-corrected chi connectivity index (χ4v) is 5.03. The first-order valence-corrected chi connectivity index (χ1v) is 11.2. The van der Waals surface area contributed by atoms with E-state index >= 15 is 0 Å². The number of nitrogens with zero attached hydrogens (tertiary/aromatic N) is 4. The van der Waals surface area contributed by atoms with E-state index in [9.17, 15) is 21.6 Å². The first-order chi connectivity index (χ1) is 13.5. The minimum atomic E-state index is -5.08. The van der Waals surface area contributed by atoms with Gasteiger partial charge in [0.05, 0.1) is 24.0 Å². The van der Waals surface area contributed by atoms with Crippen molar-refractivity contribution in [2.24, 2.45) is 0 Å². The highest BCUT2D eigenvalue weighted by molar-refractivity contribution is 7.89. The summed E-state index contributed by atoms with van der Waals surface area (Å²) >= 11 is 0. The van der Waals surface area contributed by atoms with E-state index in [1.807, 2.05) is 17.7 Å². The van der Waals surface area contributed by atoms with Crippen LogP contribution in [0.2, 0.25) is 0 Å². The van der Waals surface area contributed by atoms with Crippen LogP contribution in [-0.4, -0.2) is 76.6 Å². The standard InChI is InChI=1S/C15H26N4O2S.C2HF3O2/c1-2-10-22(20,21)18-12-14-6-7-16-19(14)15(13-18)11-17-8-4-3-5-9-17;3-2(4,5)1(6)7/h6-7,15H,2-5,8-13H2,1H3;(H,6,7). The van der Waals surface area contributed by atoms with E-state index in [1.165, 1.54) is 19.3 Å². The predicted molar refractivity (Wildman–Crippen MR) is 99.7 cm³/mol. The van der Waals surface area contributed by atoms with Crippen LogP contribution in [0.15, 0.2) is 12.3 Å². The van der Waals surface area contributed by atoms with Gasteiger partial charge < -0.3 is 10.0 Å². The van der Waals surface area contributed by atoms with E-state index in [0.29, 0.717) is 19.5 Å². The number of fused-ring (bicyclic) bond motifs is 1. The quantitative estimate of drug-likeness (QED) is 0.753. The molecule has 0 aliphatic carbocycles. The maximum Gasteiger partial charge on any atom is 0.490 e. The summed E-state index contributed by atoms with van der Waals surface area (Å²) < 4.78 is 60.3. The van der Waals surface area contributed by atoms with Crippen molar-refractivity contribution in [3.05, 3.63) is 18.0 Å². The Morgan fingerprint density at radius 1 is 1.28 bits per heavy atom. The highest BCUT2D eigenvalue weighted by Crippen LogP contribution is 2.25. The number of aromatic nitrogens is 2. The molecule has 0 amide bonds. The molecule has 3 heterocycles. The van der Waals surface area contributed by atoms with Crippen LogP contribution >= 0.6 is 0 Å². The monoisotopic (exact) mass is 440 g/mol. The SMILES string of the molecule is CCCS(=O)(=O)N1Cc2ccnn2C(CN2CCCCC2)C1.O=C(O)C(F)(F)F. The van der Waals surface area contributed by atoms with Crippen LogP contribution in [0.3, 0.4) is 0 Å². The van der Waals surface area contributed by atoms with Gasteiger partial charge in [-0.1, -0.05) is 13.3 Å². The molecule has 2 aliphatic rings. The number of rotatable bonds is 5. The minimum absolute atomic E-state index is 0.128. The molecule has 1 aromatic heterocycles. The van der Waals surface area contributed by atoms with E-state index in [2.05, 4.69) is 10.00 Å². The van der Waals surface area contributed by atoms with Gasteiger partial charge in [0.15, 0.2) is 0 Å². The normalized spacial score (nSPS) is 21.2. The summed E-state index contributed by atoms with van der Waals surface area (Å²) in [5.74, 6) is -2.52. The molecule has 0 spiro atoms. The van der Waals surface area contributed by atoms with Crippen molar-refractivity contribution in [1.29, 1.82) is 0 Å². The third kappa shape index (κ3) is 6.68. The molecule has 166 valence electrons. The second-order valence-electron chi connectivity index (χ2n) is 7.19. The lowest BCUT2D eigenvalue weighted by atomic mass is 10.1. The van der Waals surface area contributed by atoms with Gasteiger partial charge in [0, 0.05) is 19.3 Å². The third-order valence-corrected chi connectivity index (χ3v) is 6.86. The molecule has 1 saturated heterocycles. The van der Waals surface area contributed by atoms with Crippen molar-refractivity contribution in [1.82, 2.24) is 19.0 Å². The zero-order valence-electron chi connectivity index (χ0n) is 16.3. The van der Waals surface area contributed by atoms with Crippen molar-refractivity contribution in [2.45, 2.75) is 51.4 Å². The fraction of sp³-hybridized carbons (Fsp3) is 0.765. The molecule has 8 nitrogen and oxygen atoms in total. The number of aliphatic carboxylic acids is 1. The molecule has 29 heavy (non-hydrogen) atoms. The maximum absolute atomic E-state index is 12.4. The first-order valence-electron chi connectivity index (χ1n) is 9.57. The van der Waals surface area contributed by atoms with Gasteiger partial charge in [-0.3, -0.25) is 4.68 Å². The summed E-state index contributed by atoms with van der Waals surface area (Å²) in [6.45, 7) is 6.06. The smallest absolute Gasteiger partial charge is 0.475 e. The topological polar surface area (TPSA) is 95.7 Å². The second kappa shape index (κ2) is 9.90. The molecule has 1 N–H and O–H groups in total. The zero-order valence-corrected chi connectivity index (χ0v) is 17.1. The van der Waals surface area contributed by atoms with Crippen LogP contribution in [0, 0.1) is 0 Å². The molecule has 1 unspecified atom stereocenters. The molecule has 1 atom stereocenters. The van der Waals surface area contributed by atoms with Crippen molar-refractivity contribution in [3.63, 3.8) is 0 Å². The van der Waals surface area contributed by atoms with Crippen LogP contribution in [0.4, 0.5) is 13.2 Å². The Labute approximate surface area is 168 Å². The van der Waals surface area contributed by atoms with Crippen LogP contribution < -0.4 is 0 Å². The lowest BCUT2D eigenvalue weighted by Crippen LogP contribution is -2.46. The molecule has 0 aromatic carbocycles. The fourth-order valence-electron chi connectivity index (χ4n) is 3.53. The van der Waals surface area contributed by atoms with E-state index in [-0.39, 0.29) is 11.8 Å². The number of alkyl halides is 3. The lowest BCUT2D eigenvalue weighted by Gasteiger charge is -2.37. The lowest BCUT2D eigenvalue weighted by molar-refractivity contribution is -0.192. The molecule has 2 aliphatic heterocycles. The van der Waals surface area contributed by atoms with Gasteiger partial charge in [-0.15, -0.1) is 0 Å². The van der Waals surface area contributed by atoms with Crippen LogP contribution in [0.1, 0.15) is 44.3 Å². The summed E-state index contributed by atoms with van der Waals surface area (Å²) in [5.41, 5.74) is 1.01. The van der Waals surface area contributed by atoms with Crippen LogP contribution in [-0.2, 0) is 21.4 Å². The maximum atomic E-state index is 12.4. The largest absolute Gasteiger partial charge is 0.490 e. The average Bonchev–Trinajstić information content (AvgIpc) is 3.11. The molecule has 3 rings (SSSR count). The Kier molecular flexibility index (Phi) is 8.06. The van der Waals surface area contributed by atoms with Gasteiger partial charge in [-0.25, -0.2) is 13.2 Å². The van der Waals surface area contributed by atoms with E-state index in [4.69, 9.17) is 9.90 Å². The van der Waals surface area contributed by atoms with E-state index < -0.39 is 22.2 Å². The number of hydrogen-bond acceptors (Lipinski definition) is 5. The number of piperidine rings is 1. The van der Waals surface area contributed by atoms with Gasteiger partial charge >= 0.3 is 12.1 Å². The van der Waals surface area contributed by atoms with Crippen molar-refractivity contribution in [2.75, 3.05) is 31.9 Å². The summed E-state index contributed by atoms with van der Waals surface area (Å²) in [6.07, 6.45) is 1.17. The van der Waals surface area contributed by atoms with Crippen LogP contribution in [0.5, 0.6) is 0 Å². The summed E-state index contributed by atoms with van der Waals surface area (Å²) in [7, 11) is -3.15. The third-order valence-electron chi connectivity index (χ3n) is 4.87. The molecule has 1 fully saturated rings. The molecular formula is C17H27F3N4O4S. The molecule has 1 aromatic rings. The van der Waals surface area contributed by atoms with Crippen LogP contribution in [0.25, 0.3) is 0 Å². The van der Waals surface area contributed by atoms with Crippen molar-refractivity contribution >= 4 is 16.0 Å². The molecule has 0 bridgehead atoms. The number of carbonyl (C=O) groups is 1. The number of hydrogen-bond donors (Lipinski definition) is 1. The molecule has 0 saturated carbocycles. The number of carboxylic acid groups (broad SMARTS) is 1. The van der Waals surface area contributed by atoms with Gasteiger partial charge in [0.2, 0.25) is 10.0 Å². The van der Waals surface area contributed by atoms with Gasteiger partial charge in [0.1, 0.15) is 0 Å². The van der Waals surface area contributed by atoms with E-state index in [1.54, 1.807) is 10.5 Å². The molecular weight excluding hydrogens is 413 g/mol. The first kappa shape index (κ1) is 23.6. The van der Waals surface area contributed by atoms with Crippen molar-refractivity contribution < 1.29 is 31.5 Å². The van der Waals surface area contributed by atoms with Gasteiger partial charge in [0.25, 0.3) is 0 Å². The number of likely N-dealkylation sites (tertiary alicyclic amines) is 1.